The zero-order valence-electron chi connectivity index (χ0n) is 23.0. The lowest BCUT2D eigenvalue weighted by Gasteiger charge is -2.36. The Balaban J connectivity index is 1.14. The monoisotopic (exact) mass is 575 g/mol. The van der Waals surface area contributed by atoms with Crippen molar-refractivity contribution in [3.05, 3.63) is 132 Å². The molecule has 7 heteroatoms. The van der Waals surface area contributed by atoms with Crippen LogP contribution in [0.4, 0.5) is 5.69 Å². The van der Waals surface area contributed by atoms with Crippen molar-refractivity contribution in [2.24, 2.45) is 0 Å². The molecule has 0 spiro atoms. The van der Waals surface area contributed by atoms with Gasteiger partial charge in [-0.15, -0.1) is 0 Å². The van der Waals surface area contributed by atoms with Crippen molar-refractivity contribution in [1.29, 1.82) is 0 Å². The third kappa shape index (κ3) is 6.30. The molecule has 42 heavy (non-hydrogen) atoms. The number of hydrogen-bond acceptors (Lipinski definition) is 5. The Labute approximate surface area is 250 Å². The zero-order chi connectivity index (χ0) is 28.9. The van der Waals surface area contributed by atoms with Crippen LogP contribution in [0.3, 0.4) is 0 Å². The molecule has 0 atom stereocenters. The summed E-state index contributed by atoms with van der Waals surface area (Å²) in [5.41, 5.74) is 6.83. The topological polar surface area (TPSA) is 65.9 Å². The van der Waals surface area contributed by atoms with Gasteiger partial charge in [0, 0.05) is 61.9 Å². The summed E-state index contributed by atoms with van der Waals surface area (Å²) in [5.74, 6) is -0.110. The van der Waals surface area contributed by atoms with E-state index in [2.05, 4.69) is 51.2 Å². The normalized spacial score (nSPS) is 13.6. The van der Waals surface area contributed by atoms with Crippen molar-refractivity contribution in [2.45, 2.75) is 6.54 Å². The van der Waals surface area contributed by atoms with Crippen molar-refractivity contribution in [1.82, 2.24) is 9.88 Å². The number of carbonyl (C=O) groups is 1. The van der Waals surface area contributed by atoms with E-state index in [1.807, 2.05) is 60.7 Å². The number of aromatic carboxylic acids is 1. The molecule has 1 N–H and O–H groups in total. The van der Waals surface area contributed by atoms with Crippen molar-refractivity contribution in [2.75, 3.05) is 31.1 Å². The summed E-state index contributed by atoms with van der Waals surface area (Å²) in [5, 5.41) is 10.6. The lowest BCUT2D eigenvalue weighted by Crippen LogP contribution is -2.46. The van der Waals surface area contributed by atoms with Gasteiger partial charge in [0.2, 0.25) is 0 Å². The molecule has 6 rings (SSSR count). The number of pyridine rings is 1. The molecule has 4 aromatic carbocycles. The van der Waals surface area contributed by atoms with Crippen LogP contribution in [0, 0.1) is 0 Å². The van der Waals surface area contributed by atoms with Gasteiger partial charge in [-0.2, -0.15) is 0 Å². The van der Waals surface area contributed by atoms with E-state index in [1.165, 1.54) is 11.1 Å². The average molecular weight is 576 g/mol. The Kier molecular flexibility index (Phi) is 8.17. The summed E-state index contributed by atoms with van der Waals surface area (Å²) in [4.78, 5) is 20.8. The van der Waals surface area contributed by atoms with Gasteiger partial charge in [0.15, 0.2) is 0 Å². The summed E-state index contributed by atoms with van der Waals surface area (Å²) in [6, 6.07) is 33.3. The molecule has 1 aliphatic rings. The maximum absolute atomic E-state index is 12.0. The number of aromatic nitrogens is 1. The molecule has 1 fully saturated rings. The number of nitrogens with zero attached hydrogens (tertiary/aromatic N) is 3. The first-order valence-corrected chi connectivity index (χ1v) is 14.3. The van der Waals surface area contributed by atoms with Gasteiger partial charge in [-0.25, -0.2) is 4.79 Å². The second-order valence-corrected chi connectivity index (χ2v) is 10.7. The van der Waals surface area contributed by atoms with Crippen molar-refractivity contribution >= 4 is 23.3 Å². The van der Waals surface area contributed by atoms with Crippen LogP contribution in [0.5, 0.6) is 11.5 Å². The van der Waals surface area contributed by atoms with E-state index in [1.54, 1.807) is 18.5 Å². The fraction of sp³-hybridized carbons (Fsp3) is 0.143. The summed E-state index contributed by atoms with van der Waals surface area (Å²) in [6.07, 6.45) is 3.51. The summed E-state index contributed by atoms with van der Waals surface area (Å²) in [6.45, 7) is 4.30. The molecule has 210 valence electrons. The van der Waals surface area contributed by atoms with E-state index in [-0.39, 0.29) is 5.56 Å². The van der Waals surface area contributed by atoms with Crippen molar-refractivity contribution in [3.8, 4) is 33.8 Å². The Morgan fingerprint density at radius 3 is 2.17 bits per heavy atom. The summed E-state index contributed by atoms with van der Waals surface area (Å²) < 4.78 is 6.12. The SMILES string of the molecule is O=C(O)c1ccc(N2CCN(Cc3ccccc3-c3ccc(Cl)cc3)CC2)cc1Oc1ccc(-c2ccncc2)cc1. The van der Waals surface area contributed by atoms with Crippen LogP contribution in [-0.4, -0.2) is 47.1 Å². The third-order valence-electron chi connectivity index (χ3n) is 7.60. The minimum absolute atomic E-state index is 0.134. The first-order valence-electron chi connectivity index (χ1n) is 13.9. The number of ether oxygens (including phenoxy) is 1. The molecule has 1 aromatic heterocycles. The lowest BCUT2D eigenvalue weighted by molar-refractivity contribution is 0.0694. The van der Waals surface area contributed by atoms with Crippen LogP contribution in [-0.2, 0) is 6.54 Å². The number of rotatable bonds is 8. The minimum Gasteiger partial charge on any atom is -0.478 e. The molecule has 0 unspecified atom stereocenters. The second kappa shape index (κ2) is 12.5. The average Bonchev–Trinajstić information content (AvgIpc) is 3.03. The molecule has 0 amide bonds. The first-order chi connectivity index (χ1) is 20.5. The van der Waals surface area contributed by atoms with E-state index in [0.29, 0.717) is 11.5 Å². The molecule has 6 nitrogen and oxygen atoms in total. The molecule has 2 heterocycles. The highest BCUT2D eigenvalue weighted by molar-refractivity contribution is 6.30. The van der Waals surface area contributed by atoms with E-state index in [9.17, 15) is 9.90 Å². The Hall–Kier alpha value is -4.65. The van der Waals surface area contributed by atoms with Gasteiger partial charge in [0.05, 0.1) is 0 Å². The van der Waals surface area contributed by atoms with Gasteiger partial charge < -0.3 is 14.7 Å². The number of hydrogen-bond donors (Lipinski definition) is 1. The molecular weight excluding hydrogens is 546 g/mol. The largest absolute Gasteiger partial charge is 0.478 e. The molecule has 1 aliphatic heterocycles. The third-order valence-corrected chi connectivity index (χ3v) is 7.85. The van der Waals surface area contributed by atoms with Crippen LogP contribution in [0.15, 0.2) is 116 Å². The van der Waals surface area contributed by atoms with Gasteiger partial charge >= 0.3 is 5.97 Å². The smallest absolute Gasteiger partial charge is 0.339 e. The Morgan fingerprint density at radius 1 is 0.786 bits per heavy atom. The summed E-state index contributed by atoms with van der Waals surface area (Å²) in [7, 11) is 0. The molecular formula is C35H30ClN3O3. The summed E-state index contributed by atoms with van der Waals surface area (Å²) >= 11 is 6.11. The second-order valence-electron chi connectivity index (χ2n) is 10.3. The van der Waals surface area contributed by atoms with Gasteiger partial charge in [0.1, 0.15) is 17.1 Å². The predicted molar refractivity (Wildman–Crippen MR) is 168 cm³/mol. The zero-order valence-corrected chi connectivity index (χ0v) is 23.7. The number of halogens is 1. The maximum atomic E-state index is 12.0. The standard InChI is InChI=1S/C35H30ClN3O3/c36-29-9-5-27(6-10-29)32-4-2-1-3-28(32)24-38-19-21-39(22-20-38)30-11-14-33(35(40)41)34(23-30)42-31-12-7-25(8-13-31)26-15-17-37-18-16-26/h1-18,23H,19-22,24H2,(H,40,41). The van der Waals surface area contributed by atoms with Gasteiger partial charge in [-0.3, -0.25) is 9.88 Å². The Morgan fingerprint density at radius 2 is 1.45 bits per heavy atom. The molecule has 0 radical (unpaired) electrons. The quantitative estimate of drug-likeness (QED) is 0.203. The lowest BCUT2D eigenvalue weighted by atomic mass is 9.99. The molecule has 1 saturated heterocycles. The van der Waals surface area contributed by atoms with Crippen LogP contribution >= 0.6 is 11.6 Å². The van der Waals surface area contributed by atoms with Crippen LogP contribution in [0.25, 0.3) is 22.3 Å². The highest BCUT2D eigenvalue weighted by Crippen LogP contribution is 2.32. The number of carboxylic acid groups (broad SMARTS) is 1. The van der Waals surface area contributed by atoms with Crippen LogP contribution in [0.1, 0.15) is 15.9 Å². The maximum Gasteiger partial charge on any atom is 0.339 e. The highest BCUT2D eigenvalue weighted by Gasteiger charge is 2.21. The fourth-order valence-corrected chi connectivity index (χ4v) is 5.46. The van der Waals surface area contributed by atoms with Crippen LogP contribution < -0.4 is 9.64 Å². The molecule has 5 aromatic rings. The number of carboxylic acids is 1. The van der Waals surface area contributed by atoms with Gasteiger partial charge in [-0.1, -0.05) is 60.1 Å². The van der Waals surface area contributed by atoms with E-state index < -0.39 is 5.97 Å². The van der Waals surface area contributed by atoms with Crippen molar-refractivity contribution in [3.63, 3.8) is 0 Å². The van der Waals surface area contributed by atoms with E-state index in [0.717, 1.165) is 60.1 Å². The first kappa shape index (κ1) is 27.5. The minimum atomic E-state index is -1.02. The predicted octanol–water partition coefficient (Wildman–Crippen LogP) is 7.88. The van der Waals surface area contributed by atoms with Crippen LogP contribution in [0.2, 0.25) is 5.02 Å². The number of piperazine rings is 1. The fourth-order valence-electron chi connectivity index (χ4n) is 5.33. The highest BCUT2D eigenvalue weighted by atomic mass is 35.5. The number of anilines is 1. The molecule has 0 saturated carbocycles. The van der Waals surface area contributed by atoms with Crippen molar-refractivity contribution < 1.29 is 14.6 Å². The van der Waals surface area contributed by atoms with Gasteiger partial charge in [0.25, 0.3) is 0 Å². The van der Waals surface area contributed by atoms with E-state index in [4.69, 9.17) is 16.3 Å². The molecule has 0 aliphatic carbocycles. The van der Waals surface area contributed by atoms with E-state index >= 15 is 0 Å². The number of benzene rings is 4. The van der Waals surface area contributed by atoms with Gasteiger partial charge in [-0.05, 0) is 76.3 Å². The molecule has 0 bridgehead atoms. The Bertz CT molecular complexity index is 1670.